The molecule has 7 heteroatoms. The molecular formula is C16H18N2O4S. The molecule has 0 aliphatic carbocycles. The lowest BCUT2D eigenvalue weighted by Gasteiger charge is -2.06. The van der Waals surface area contributed by atoms with Gasteiger partial charge in [-0.15, -0.1) is 0 Å². The fraction of sp³-hybridized carbons (Fsp3) is 0.312. The Bertz CT molecular complexity index is 688. The van der Waals surface area contributed by atoms with E-state index in [1.165, 1.54) is 24.9 Å². The SMILES string of the molecule is COC(=O)Cc1cc(=O)[nH]c(SCCCOc2ccccc2)n1. The predicted octanol–water partition coefficient (Wildman–Crippen LogP) is 2.05. The molecule has 0 saturated heterocycles. The summed E-state index contributed by atoms with van der Waals surface area (Å²) in [7, 11) is 1.30. The lowest BCUT2D eigenvalue weighted by Crippen LogP contribution is -2.14. The summed E-state index contributed by atoms with van der Waals surface area (Å²) in [6.45, 7) is 0.586. The first-order chi connectivity index (χ1) is 11.2. The number of hydrogen-bond acceptors (Lipinski definition) is 6. The third kappa shape index (κ3) is 6.15. The fourth-order valence-electron chi connectivity index (χ4n) is 1.80. The van der Waals surface area contributed by atoms with Crippen molar-refractivity contribution in [1.29, 1.82) is 0 Å². The van der Waals surface area contributed by atoms with Crippen molar-refractivity contribution in [2.45, 2.75) is 18.0 Å². The molecule has 0 amide bonds. The zero-order valence-corrected chi connectivity index (χ0v) is 13.6. The van der Waals surface area contributed by atoms with Crippen LogP contribution >= 0.6 is 11.8 Å². The maximum atomic E-state index is 11.6. The van der Waals surface area contributed by atoms with Gasteiger partial charge in [-0.05, 0) is 18.6 Å². The number of ether oxygens (including phenoxy) is 2. The van der Waals surface area contributed by atoms with Gasteiger partial charge in [-0.25, -0.2) is 4.98 Å². The van der Waals surface area contributed by atoms with Gasteiger partial charge in [0.2, 0.25) is 0 Å². The second-order valence-corrected chi connectivity index (χ2v) is 5.74. The second kappa shape index (κ2) is 8.99. The molecule has 1 N–H and O–H groups in total. The van der Waals surface area contributed by atoms with Crippen molar-refractivity contribution in [1.82, 2.24) is 9.97 Å². The average molecular weight is 334 g/mol. The maximum absolute atomic E-state index is 11.6. The number of carbonyl (C=O) groups excluding carboxylic acids is 1. The summed E-state index contributed by atoms with van der Waals surface area (Å²) in [6, 6.07) is 10.9. The maximum Gasteiger partial charge on any atom is 0.311 e. The van der Waals surface area contributed by atoms with Gasteiger partial charge in [-0.3, -0.25) is 9.59 Å². The molecule has 0 bridgehead atoms. The number of methoxy groups -OCH3 is 1. The van der Waals surface area contributed by atoms with E-state index in [1.807, 2.05) is 30.3 Å². The van der Waals surface area contributed by atoms with Crippen LogP contribution in [0.15, 0.2) is 46.3 Å². The summed E-state index contributed by atoms with van der Waals surface area (Å²) in [6.07, 6.45) is 0.801. The van der Waals surface area contributed by atoms with E-state index in [0.29, 0.717) is 17.5 Å². The van der Waals surface area contributed by atoms with Crippen LogP contribution in [0.25, 0.3) is 0 Å². The number of H-pyrrole nitrogens is 1. The molecule has 0 unspecified atom stereocenters. The lowest BCUT2D eigenvalue weighted by molar-refractivity contribution is -0.139. The van der Waals surface area contributed by atoms with Crippen LogP contribution in [0.5, 0.6) is 5.75 Å². The lowest BCUT2D eigenvalue weighted by atomic mass is 10.3. The van der Waals surface area contributed by atoms with Gasteiger partial charge in [0.05, 0.1) is 25.8 Å². The van der Waals surface area contributed by atoms with Crippen LogP contribution in [0, 0.1) is 0 Å². The molecule has 0 aliphatic heterocycles. The minimum Gasteiger partial charge on any atom is -0.494 e. The van der Waals surface area contributed by atoms with Crippen LogP contribution in [0.4, 0.5) is 0 Å². The van der Waals surface area contributed by atoms with Crippen molar-refractivity contribution < 1.29 is 14.3 Å². The number of aromatic amines is 1. The van der Waals surface area contributed by atoms with E-state index in [-0.39, 0.29) is 12.0 Å². The molecule has 2 rings (SSSR count). The summed E-state index contributed by atoms with van der Waals surface area (Å²) in [5, 5.41) is 0.496. The molecule has 0 saturated carbocycles. The number of nitrogens with zero attached hydrogens (tertiary/aromatic N) is 1. The standard InChI is InChI=1S/C16H18N2O4S/c1-21-15(20)11-12-10-14(19)18-16(17-12)23-9-5-8-22-13-6-3-2-4-7-13/h2-4,6-7,10H,5,8-9,11H2,1H3,(H,17,18,19). The highest BCUT2D eigenvalue weighted by Gasteiger charge is 2.07. The van der Waals surface area contributed by atoms with Crippen LogP contribution in [-0.4, -0.2) is 35.4 Å². The number of benzene rings is 1. The number of thioether (sulfide) groups is 1. The second-order valence-electron chi connectivity index (χ2n) is 4.66. The van der Waals surface area contributed by atoms with Crippen molar-refractivity contribution in [2.24, 2.45) is 0 Å². The topological polar surface area (TPSA) is 81.3 Å². The van der Waals surface area contributed by atoms with Gasteiger partial charge in [-0.2, -0.15) is 0 Å². The summed E-state index contributed by atoms with van der Waals surface area (Å²) >= 11 is 1.42. The Morgan fingerprint density at radius 1 is 1.30 bits per heavy atom. The molecule has 1 aromatic carbocycles. The number of carbonyl (C=O) groups is 1. The average Bonchev–Trinajstić information content (AvgIpc) is 2.55. The summed E-state index contributed by atoms with van der Waals surface area (Å²) < 4.78 is 10.2. The molecule has 0 atom stereocenters. The molecule has 0 fully saturated rings. The first-order valence-corrected chi connectivity index (χ1v) is 8.13. The number of para-hydroxylation sites is 1. The molecule has 0 radical (unpaired) electrons. The molecule has 1 aromatic heterocycles. The quantitative estimate of drug-likeness (QED) is 0.344. The van der Waals surface area contributed by atoms with Crippen molar-refractivity contribution in [3.05, 3.63) is 52.4 Å². The van der Waals surface area contributed by atoms with Crippen LogP contribution < -0.4 is 10.3 Å². The number of aromatic nitrogens is 2. The third-order valence-electron chi connectivity index (χ3n) is 2.87. The number of nitrogens with one attached hydrogen (secondary N) is 1. The largest absolute Gasteiger partial charge is 0.494 e. The molecule has 2 aromatic rings. The van der Waals surface area contributed by atoms with Gasteiger partial charge in [0.15, 0.2) is 5.16 Å². The molecule has 6 nitrogen and oxygen atoms in total. The molecule has 0 aliphatic rings. The van der Waals surface area contributed by atoms with E-state index in [1.54, 1.807) is 0 Å². The highest BCUT2D eigenvalue weighted by molar-refractivity contribution is 7.99. The first kappa shape index (κ1) is 17.1. The molecular weight excluding hydrogens is 316 g/mol. The monoisotopic (exact) mass is 334 g/mol. The van der Waals surface area contributed by atoms with Gasteiger partial charge in [-0.1, -0.05) is 30.0 Å². The van der Waals surface area contributed by atoms with E-state index >= 15 is 0 Å². The zero-order valence-electron chi connectivity index (χ0n) is 12.8. The van der Waals surface area contributed by atoms with Gasteiger partial charge < -0.3 is 14.5 Å². The van der Waals surface area contributed by atoms with E-state index in [4.69, 9.17) is 4.74 Å². The molecule has 122 valence electrons. The van der Waals surface area contributed by atoms with Crippen molar-refractivity contribution in [2.75, 3.05) is 19.5 Å². The van der Waals surface area contributed by atoms with Crippen molar-refractivity contribution >= 4 is 17.7 Å². The normalized spacial score (nSPS) is 10.3. The van der Waals surface area contributed by atoms with E-state index in [2.05, 4.69) is 14.7 Å². The van der Waals surface area contributed by atoms with Gasteiger partial charge in [0, 0.05) is 11.8 Å². The highest BCUT2D eigenvalue weighted by atomic mass is 32.2. The Hall–Kier alpha value is -2.28. The third-order valence-corrected chi connectivity index (χ3v) is 3.83. The van der Waals surface area contributed by atoms with Crippen LogP contribution in [0.3, 0.4) is 0 Å². The van der Waals surface area contributed by atoms with Crippen LogP contribution in [-0.2, 0) is 16.0 Å². The Kier molecular flexibility index (Phi) is 6.68. The Morgan fingerprint density at radius 2 is 2.09 bits per heavy atom. The van der Waals surface area contributed by atoms with Gasteiger partial charge >= 0.3 is 5.97 Å². The van der Waals surface area contributed by atoms with Crippen LogP contribution in [0.2, 0.25) is 0 Å². The number of esters is 1. The van der Waals surface area contributed by atoms with Crippen molar-refractivity contribution in [3.63, 3.8) is 0 Å². The zero-order chi connectivity index (χ0) is 16.5. The van der Waals surface area contributed by atoms with Crippen molar-refractivity contribution in [3.8, 4) is 5.75 Å². The minimum atomic E-state index is -0.421. The van der Waals surface area contributed by atoms with E-state index in [9.17, 15) is 9.59 Å². The first-order valence-electron chi connectivity index (χ1n) is 7.15. The smallest absolute Gasteiger partial charge is 0.311 e. The fourth-order valence-corrected chi connectivity index (χ4v) is 2.61. The summed E-state index contributed by atoms with van der Waals surface area (Å²) in [5.41, 5.74) is 0.130. The molecule has 23 heavy (non-hydrogen) atoms. The molecule has 1 heterocycles. The number of rotatable bonds is 8. The van der Waals surface area contributed by atoms with E-state index < -0.39 is 5.97 Å². The minimum absolute atomic E-state index is 0.00883. The summed E-state index contributed by atoms with van der Waals surface area (Å²) in [4.78, 5) is 29.7. The number of hydrogen-bond donors (Lipinski definition) is 1. The van der Waals surface area contributed by atoms with Gasteiger partial charge in [0.1, 0.15) is 5.75 Å². The molecule has 0 spiro atoms. The highest BCUT2D eigenvalue weighted by Crippen LogP contribution is 2.14. The summed E-state index contributed by atoms with van der Waals surface area (Å²) in [5.74, 6) is 1.16. The van der Waals surface area contributed by atoms with Gasteiger partial charge in [0.25, 0.3) is 5.56 Å². The Morgan fingerprint density at radius 3 is 2.83 bits per heavy atom. The predicted molar refractivity (Wildman–Crippen MR) is 87.9 cm³/mol. The van der Waals surface area contributed by atoms with E-state index in [0.717, 1.165) is 17.9 Å². The van der Waals surface area contributed by atoms with Crippen LogP contribution in [0.1, 0.15) is 12.1 Å². The Labute approximate surface area is 138 Å². The Balaban J connectivity index is 1.79.